The SMILES string of the molecule is COc1ccc(NC(=O)[C@H]2COc3ccccc3C2)c(OC)c1. The van der Waals surface area contributed by atoms with E-state index in [-0.39, 0.29) is 11.8 Å². The molecule has 0 fully saturated rings. The number of para-hydroxylation sites is 1. The molecule has 0 aromatic heterocycles. The summed E-state index contributed by atoms with van der Waals surface area (Å²) in [6.07, 6.45) is 0.667. The molecule has 0 bridgehead atoms. The number of benzene rings is 2. The Balaban J connectivity index is 1.73. The standard InChI is InChI=1S/C18H19NO4/c1-21-14-7-8-15(17(10-14)22-2)19-18(20)13-9-12-5-3-4-6-16(12)23-11-13/h3-8,10,13H,9,11H2,1-2H3,(H,19,20)/t13-/m1/s1. The molecule has 0 unspecified atom stereocenters. The number of methoxy groups -OCH3 is 2. The van der Waals surface area contributed by atoms with Gasteiger partial charge in [0.05, 0.1) is 25.8 Å². The fourth-order valence-corrected chi connectivity index (χ4v) is 2.63. The van der Waals surface area contributed by atoms with E-state index in [1.165, 1.54) is 0 Å². The van der Waals surface area contributed by atoms with Gasteiger partial charge >= 0.3 is 0 Å². The first-order valence-corrected chi connectivity index (χ1v) is 7.45. The molecule has 5 heteroatoms. The Labute approximate surface area is 135 Å². The Kier molecular flexibility index (Phi) is 4.37. The Hall–Kier alpha value is -2.69. The van der Waals surface area contributed by atoms with Gasteiger partial charge in [-0.25, -0.2) is 0 Å². The van der Waals surface area contributed by atoms with E-state index in [2.05, 4.69) is 5.32 Å². The maximum atomic E-state index is 12.5. The lowest BCUT2D eigenvalue weighted by Crippen LogP contribution is -2.32. The number of rotatable bonds is 4. The molecule has 0 saturated heterocycles. The molecule has 1 amide bonds. The number of carbonyl (C=O) groups excluding carboxylic acids is 1. The van der Waals surface area contributed by atoms with Crippen molar-refractivity contribution >= 4 is 11.6 Å². The molecule has 1 aliphatic rings. The van der Waals surface area contributed by atoms with Crippen molar-refractivity contribution in [2.24, 2.45) is 5.92 Å². The number of nitrogens with one attached hydrogen (secondary N) is 1. The van der Waals surface area contributed by atoms with Crippen LogP contribution in [0.15, 0.2) is 42.5 Å². The van der Waals surface area contributed by atoms with Crippen molar-refractivity contribution in [1.82, 2.24) is 0 Å². The van der Waals surface area contributed by atoms with Gasteiger partial charge in [-0.1, -0.05) is 18.2 Å². The second-order valence-corrected chi connectivity index (χ2v) is 5.38. The van der Waals surface area contributed by atoms with Crippen molar-refractivity contribution < 1.29 is 19.0 Å². The molecule has 1 aliphatic heterocycles. The van der Waals surface area contributed by atoms with Crippen LogP contribution in [0.1, 0.15) is 5.56 Å². The van der Waals surface area contributed by atoms with Gasteiger partial charge in [-0.05, 0) is 30.2 Å². The van der Waals surface area contributed by atoms with Gasteiger partial charge in [0.2, 0.25) is 5.91 Å². The van der Waals surface area contributed by atoms with E-state index in [0.717, 1.165) is 11.3 Å². The van der Waals surface area contributed by atoms with Gasteiger partial charge in [0.15, 0.2) is 0 Å². The van der Waals surface area contributed by atoms with Gasteiger partial charge in [0.25, 0.3) is 0 Å². The minimum atomic E-state index is -0.225. The van der Waals surface area contributed by atoms with Crippen molar-refractivity contribution in [3.05, 3.63) is 48.0 Å². The third-order valence-electron chi connectivity index (χ3n) is 3.92. The number of amides is 1. The third kappa shape index (κ3) is 3.23. The third-order valence-corrected chi connectivity index (χ3v) is 3.92. The second kappa shape index (κ2) is 6.60. The lowest BCUT2D eigenvalue weighted by molar-refractivity contribution is -0.121. The van der Waals surface area contributed by atoms with Crippen LogP contribution in [0.4, 0.5) is 5.69 Å². The summed E-state index contributed by atoms with van der Waals surface area (Å²) in [5.74, 6) is 1.79. The molecule has 3 rings (SSSR count). The van der Waals surface area contributed by atoms with E-state index in [0.29, 0.717) is 30.2 Å². The van der Waals surface area contributed by atoms with E-state index in [1.54, 1.807) is 32.4 Å². The molecule has 1 atom stereocenters. The minimum Gasteiger partial charge on any atom is -0.497 e. The fourth-order valence-electron chi connectivity index (χ4n) is 2.63. The van der Waals surface area contributed by atoms with Crippen molar-refractivity contribution in [2.75, 3.05) is 26.1 Å². The van der Waals surface area contributed by atoms with Gasteiger partial charge in [-0.3, -0.25) is 4.79 Å². The van der Waals surface area contributed by atoms with Crippen LogP contribution < -0.4 is 19.5 Å². The average molecular weight is 313 g/mol. The summed E-state index contributed by atoms with van der Waals surface area (Å²) in [5.41, 5.74) is 1.68. The molecule has 0 saturated carbocycles. The van der Waals surface area contributed by atoms with Crippen LogP contribution in [-0.2, 0) is 11.2 Å². The summed E-state index contributed by atoms with van der Waals surface area (Å²) in [5, 5.41) is 2.91. The van der Waals surface area contributed by atoms with Crippen LogP contribution in [0.3, 0.4) is 0 Å². The zero-order chi connectivity index (χ0) is 16.2. The van der Waals surface area contributed by atoms with Gasteiger partial charge in [0, 0.05) is 6.07 Å². The van der Waals surface area contributed by atoms with Gasteiger partial charge < -0.3 is 19.5 Å². The highest BCUT2D eigenvalue weighted by Crippen LogP contribution is 2.31. The number of fused-ring (bicyclic) bond motifs is 1. The Morgan fingerprint density at radius 2 is 2.00 bits per heavy atom. The van der Waals surface area contributed by atoms with Crippen LogP contribution in [0, 0.1) is 5.92 Å². The minimum absolute atomic E-state index is 0.0806. The van der Waals surface area contributed by atoms with Crippen molar-refractivity contribution in [3.8, 4) is 17.2 Å². The Morgan fingerprint density at radius 3 is 2.78 bits per heavy atom. The molecule has 1 N–H and O–H groups in total. The molecule has 0 radical (unpaired) electrons. The maximum absolute atomic E-state index is 12.5. The summed E-state index contributed by atoms with van der Waals surface area (Å²) < 4.78 is 16.1. The van der Waals surface area contributed by atoms with E-state index < -0.39 is 0 Å². The van der Waals surface area contributed by atoms with Crippen LogP contribution in [0.2, 0.25) is 0 Å². The number of hydrogen-bond donors (Lipinski definition) is 1. The molecule has 2 aromatic rings. The predicted molar refractivity (Wildman–Crippen MR) is 87.3 cm³/mol. The quantitative estimate of drug-likeness (QED) is 0.943. The summed E-state index contributed by atoms with van der Waals surface area (Å²) >= 11 is 0. The van der Waals surface area contributed by atoms with Crippen LogP contribution in [0.5, 0.6) is 17.2 Å². The second-order valence-electron chi connectivity index (χ2n) is 5.38. The van der Waals surface area contributed by atoms with Crippen molar-refractivity contribution in [3.63, 3.8) is 0 Å². The number of hydrogen-bond acceptors (Lipinski definition) is 4. The zero-order valence-electron chi connectivity index (χ0n) is 13.2. The molecular weight excluding hydrogens is 294 g/mol. The van der Waals surface area contributed by atoms with Crippen LogP contribution >= 0.6 is 0 Å². The van der Waals surface area contributed by atoms with E-state index in [4.69, 9.17) is 14.2 Å². The normalized spacial score (nSPS) is 16.0. The van der Waals surface area contributed by atoms with Gasteiger partial charge in [-0.2, -0.15) is 0 Å². The monoisotopic (exact) mass is 313 g/mol. The van der Waals surface area contributed by atoms with Gasteiger partial charge in [-0.15, -0.1) is 0 Å². The molecule has 2 aromatic carbocycles. The highest BCUT2D eigenvalue weighted by Gasteiger charge is 2.26. The first-order valence-electron chi connectivity index (χ1n) is 7.45. The fraction of sp³-hybridized carbons (Fsp3) is 0.278. The lowest BCUT2D eigenvalue weighted by Gasteiger charge is -2.24. The lowest BCUT2D eigenvalue weighted by atomic mass is 9.96. The Bertz CT molecular complexity index is 714. The Morgan fingerprint density at radius 1 is 1.17 bits per heavy atom. The molecule has 0 spiro atoms. The van der Waals surface area contributed by atoms with E-state index in [9.17, 15) is 4.79 Å². The first-order chi connectivity index (χ1) is 11.2. The molecule has 1 heterocycles. The molecule has 5 nitrogen and oxygen atoms in total. The summed E-state index contributed by atoms with van der Waals surface area (Å²) in [4.78, 5) is 12.5. The zero-order valence-corrected chi connectivity index (χ0v) is 13.2. The smallest absolute Gasteiger partial charge is 0.231 e. The summed E-state index contributed by atoms with van der Waals surface area (Å²) in [6.45, 7) is 0.376. The topological polar surface area (TPSA) is 56.8 Å². The summed E-state index contributed by atoms with van der Waals surface area (Å²) in [7, 11) is 3.15. The van der Waals surface area contributed by atoms with Crippen LogP contribution in [0.25, 0.3) is 0 Å². The van der Waals surface area contributed by atoms with E-state index in [1.807, 2.05) is 24.3 Å². The first kappa shape index (κ1) is 15.2. The van der Waals surface area contributed by atoms with Crippen LogP contribution in [-0.4, -0.2) is 26.7 Å². The van der Waals surface area contributed by atoms with Crippen molar-refractivity contribution in [1.29, 1.82) is 0 Å². The number of carbonyl (C=O) groups is 1. The molecule has 0 aliphatic carbocycles. The highest BCUT2D eigenvalue weighted by atomic mass is 16.5. The highest BCUT2D eigenvalue weighted by molar-refractivity contribution is 5.94. The summed E-state index contributed by atoms with van der Waals surface area (Å²) in [6, 6.07) is 13.1. The molecular formula is C18H19NO4. The maximum Gasteiger partial charge on any atom is 0.231 e. The molecule has 120 valence electrons. The average Bonchev–Trinajstić information content (AvgIpc) is 2.61. The van der Waals surface area contributed by atoms with Crippen molar-refractivity contribution in [2.45, 2.75) is 6.42 Å². The number of ether oxygens (including phenoxy) is 3. The van der Waals surface area contributed by atoms with E-state index >= 15 is 0 Å². The largest absolute Gasteiger partial charge is 0.497 e. The number of anilines is 1. The predicted octanol–water partition coefficient (Wildman–Crippen LogP) is 2.89. The van der Waals surface area contributed by atoms with Gasteiger partial charge in [0.1, 0.15) is 23.9 Å². The molecule has 23 heavy (non-hydrogen) atoms.